The summed E-state index contributed by atoms with van der Waals surface area (Å²) < 4.78 is 12.9. The second kappa shape index (κ2) is 10.8. The predicted molar refractivity (Wildman–Crippen MR) is 147 cm³/mol. The molecule has 2 bridgehead atoms. The van der Waals surface area contributed by atoms with Gasteiger partial charge in [0.05, 0.1) is 37.6 Å². The minimum absolute atomic E-state index is 0.123. The lowest BCUT2D eigenvalue weighted by Crippen LogP contribution is -2.52. The fourth-order valence-corrected chi connectivity index (χ4v) is 6.94. The lowest BCUT2D eigenvalue weighted by Gasteiger charge is -2.39. The number of hydrogen-bond donors (Lipinski definition) is 1. The number of carbonyl (C=O) groups is 1. The molecule has 1 aliphatic carbocycles. The highest BCUT2D eigenvalue weighted by Crippen LogP contribution is 2.43. The number of methoxy groups -OCH3 is 1. The van der Waals surface area contributed by atoms with Gasteiger partial charge in [-0.25, -0.2) is 14.3 Å². The van der Waals surface area contributed by atoms with Gasteiger partial charge in [-0.15, -0.1) is 5.10 Å². The maximum absolute atomic E-state index is 13.4. The first-order chi connectivity index (χ1) is 18.5. The van der Waals surface area contributed by atoms with E-state index in [1.165, 1.54) is 42.5 Å². The Morgan fingerprint density at radius 1 is 1.18 bits per heavy atom. The van der Waals surface area contributed by atoms with E-state index < -0.39 is 0 Å². The average Bonchev–Trinajstić information content (AvgIpc) is 3.43. The first-order valence-corrected chi connectivity index (χ1v) is 14.5. The van der Waals surface area contributed by atoms with Crippen LogP contribution in [0, 0.1) is 5.92 Å². The number of rotatable bonds is 6. The zero-order chi connectivity index (χ0) is 26.2. The molecule has 1 N–H and O–H groups in total. The second-order valence-electron chi connectivity index (χ2n) is 11.8. The lowest BCUT2D eigenvalue weighted by atomic mass is 9.81. The van der Waals surface area contributed by atoms with E-state index in [0.717, 1.165) is 30.7 Å². The fraction of sp³-hybridized carbons (Fsp3) is 0.690. The SMILES string of the molecule is COC[C@H](C)Nc1ncc2c(C3=C[C@@H]4CC[C@H](C3)N4C(=O)N3CCOCC3)cc(C3CCC(C)CC3)n2n1. The molecule has 0 unspecified atom stereocenters. The van der Waals surface area contributed by atoms with Crippen LogP contribution in [0.15, 0.2) is 18.3 Å². The van der Waals surface area contributed by atoms with Crippen LogP contribution >= 0.6 is 0 Å². The molecule has 206 valence electrons. The monoisotopic (exact) mass is 522 g/mol. The molecule has 1 saturated carbocycles. The molecule has 6 rings (SSSR count). The average molecular weight is 523 g/mol. The molecule has 3 aliphatic heterocycles. The van der Waals surface area contributed by atoms with Gasteiger partial charge < -0.3 is 24.6 Å². The molecule has 2 saturated heterocycles. The summed E-state index contributed by atoms with van der Waals surface area (Å²) in [6.07, 6.45) is 12.2. The number of carbonyl (C=O) groups excluding carboxylic acids is 1. The van der Waals surface area contributed by atoms with Crippen molar-refractivity contribution in [2.24, 2.45) is 5.92 Å². The summed E-state index contributed by atoms with van der Waals surface area (Å²) >= 11 is 0. The molecule has 0 aromatic carbocycles. The number of urea groups is 1. The van der Waals surface area contributed by atoms with Gasteiger partial charge in [0.2, 0.25) is 5.95 Å². The molecule has 2 aromatic heterocycles. The Morgan fingerprint density at radius 2 is 1.97 bits per heavy atom. The summed E-state index contributed by atoms with van der Waals surface area (Å²) in [6.45, 7) is 7.69. The van der Waals surface area contributed by atoms with Crippen LogP contribution in [-0.2, 0) is 9.47 Å². The van der Waals surface area contributed by atoms with Gasteiger partial charge in [0.1, 0.15) is 0 Å². The largest absolute Gasteiger partial charge is 0.383 e. The summed E-state index contributed by atoms with van der Waals surface area (Å²) in [5, 5.41) is 8.39. The fourth-order valence-electron chi connectivity index (χ4n) is 6.94. The van der Waals surface area contributed by atoms with E-state index in [0.29, 0.717) is 44.8 Å². The Balaban J connectivity index is 1.32. The molecule has 5 heterocycles. The molecule has 4 aliphatic rings. The molecule has 0 spiro atoms. The summed E-state index contributed by atoms with van der Waals surface area (Å²) in [5.74, 6) is 1.94. The van der Waals surface area contributed by atoms with Crippen LogP contribution in [0.1, 0.15) is 76.0 Å². The standard InChI is InChI=1S/C29H42N6O3/c1-19-4-6-21(7-5-19)26-16-25(27-17-30-28(32-35(26)27)31-20(2)18-37-3)22-14-23-8-9-24(15-22)34(23)29(36)33-10-12-38-13-11-33/h14,16-17,19-21,23-24H,4-13,15,18H2,1-3H3,(H,31,32)/t19?,20-,21?,23-,24+/m0/s1. The number of amides is 2. The van der Waals surface area contributed by atoms with Crippen molar-refractivity contribution in [2.75, 3.05) is 45.3 Å². The maximum Gasteiger partial charge on any atom is 0.320 e. The van der Waals surface area contributed by atoms with E-state index in [-0.39, 0.29) is 24.2 Å². The number of fused-ring (bicyclic) bond motifs is 3. The van der Waals surface area contributed by atoms with Gasteiger partial charge in [-0.05, 0) is 56.6 Å². The minimum Gasteiger partial charge on any atom is -0.383 e. The molecule has 2 aromatic rings. The normalized spacial score (nSPS) is 28.4. The third-order valence-corrected chi connectivity index (χ3v) is 9.01. The Morgan fingerprint density at radius 3 is 2.71 bits per heavy atom. The predicted octanol–water partition coefficient (Wildman–Crippen LogP) is 4.54. The van der Waals surface area contributed by atoms with Crippen LogP contribution in [-0.4, -0.2) is 88.6 Å². The zero-order valence-corrected chi connectivity index (χ0v) is 23.1. The first-order valence-electron chi connectivity index (χ1n) is 14.5. The Bertz CT molecular complexity index is 1180. The van der Waals surface area contributed by atoms with Crippen molar-refractivity contribution in [1.29, 1.82) is 0 Å². The van der Waals surface area contributed by atoms with Gasteiger partial charge >= 0.3 is 6.03 Å². The van der Waals surface area contributed by atoms with Crippen molar-refractivity contribution < 1.29 is 14.3 Å². The summed E-state index contributed by atoms with van der Waals surface area (Å²) in [4.78, 5) is 22.2. The molecule has 9 nitrogen and oxygen atoms in total. The van der Waals surface area contributed by atoms with Crippen LogP contribution in [0.3, 0.4) is 0 Å². The van der Waals surface area contributed by atoms with Crippen LogP contribution in [0.5, 0.6) is 0 Å². The van der Waals surface area contributed by atoms with E-state index in [1.54, 1.807) is 7.11 Å². The zero-order valence-electron chi connectivity index (χ0n) is 23.1. The van der Waals surface area contributed by atoms with E-state index >= 15 is 0 Å². The van der Waals surface area contributed by atoms with Gasteiger partial charge in [0, 0.05) is 49.5 Å². The van der Waals surface area contributed by atoms with E-state index in [2.05, 4.69) is 40.7 Å². The van der Waals surface area contributed by atoms with Crippen molar-refractivity contribution in [2.45, 2.75) is 82.8 Å². The molecule has 2 amide bonds. The van der Waals surface area contributed by atoms with E-state index in [1.807, 2.05) is 11.1 Å². The van der Waals surface area contributed by atoms with E-state index in [4.69, 9.17) is 19.6 Å². The highest BCUT2D eigenvalue weighted by Gasteiger charge is 2.42. The Hall–Kier alpha value is -2.65. The van der Waals surface area contributed by atoms with Crippen LogP contribution in [0.2, 0.25) is 0 Å². The van der Waals surface area contributed by atoms with Crippen LogP contribution in [0.25, 0.3) is 11.1 Å². The number of nitrogens with one attached hydrogen (secondary N) is 1. The molecule has 3 atom stereocenters. The highest BCUT2D eigenvalue weighted by atomic mass is 16.5. The van der Waals surface area contributed by atoms with Crippen molar-refractivity contribution >= 4 is 23.1 Å². The third-order valence-electron chi connectivity index (χ3n) is 9.01. The quantitative estimate of drug-likeness (QED) is 0.600. The summed E-state index contributed by atoms with van der Waals surface area (Å²) in [5.41, 5.74) is 4.95. The Kier molecular flexibility index (Phi) is 7.31. The van der Waals surface area contributed by atoms with Gasteiger partial charge in [0.25, 0.3) is 0 Å². The smallest absolute Gasteiger partial charge is 0.320 e. The molecular formula is C29H42N6O3. The molecule has 38 heavy (non-hydrogen) atoms. The maximum atomic E-state index is 13.4. The summed E-state index contributed by atoms with van der Waals surface area (Å²) in [7, 11) is 1.71. The van der Waals surface area contributed by atoms with Crippen LogP contribution in [0.4, 0.5) is 10.7 Å². The minimum atomic E-state index is 0.123. The number of nitrogens with zero attached hydrogens (tertiary/aromatic N) is 5. The molecular weight excluding hydrogens is 480 g/mol. The van der Waals surface area contributed by atoms with Gasteiger partial charge in [0.15, 0.2) is 0 Å². The topological polar surface area (TPSA) is 84.2 Å². The Labute approximate surface area is 225 Å². The van der Waals surface area contributed by atoms with Crippen molar-refractivity contribution in [3.8, 4) is 0 Å². The number of hydrogen-bond acceptors (Lipinski definition) is 6. The second-order valence-corrected chi connectivity index (χ2v) is 11.8. The first kappa shape index (κ1) is 25.6. The summed E-state index contributed by atoms with van der Waals surface area (Å²) in [6, 6.07) is 3.10. The molecule has 3 fully saturated rings. The number of anilines is 1. The molecule has 0 radical (unpaired) electrons. The van der Waals surface area contributed by atoms with Crippen molar-refractivity contribution in [3.63, 3.8) is 0 Å². The van der Waals surface area contributed by atoms with Crippen molar-refractivity contribution in [3.05, 3.63) is 29.6 Å². The number of aromatic nitrogens is 3. The number of ether oxygens (including phenoxy) is 2. The van der Waals surface area contributed by atoms with Crippen LogP contribution < -0.4 is 5.32 Å². The third kappa shape index (κ3) is 4.91. The lowest BCUT2D eigenvalue weighted by molar-refractivity contribution is 0.0398. The molecule has 9 heteroatoms. The van der Waals surface area contributed by atoms with Gasteiger partial charge in [-0.2, -0.15) is 0 Å². The number of morpholine rings is 1. The van der Waals surface area contributed by atoms with Crippen molar-refractivity contribution in [1.82, 2.24) is 24.4 Å². The van der Waals surface area contributed by atoms with E-state index in [9.17, 15) is 4.79 Å². The van der Waals surface area contributed by atoms with Gasteiger partial charge in [-0.3, -0.25) is 0 Å². The highest BCUT2D eigenvalue weighted by molar-refractivity contribution is 5.83. The van der Waals surface area contributed by atoms with Gasteiger partial charge in [-0.1, -0.05) is 25.8 Å².